The normalized spacial score (nSPS) is 17.7. The molecular formula is C29H29FN2O6S. The first-order chi connectivity index (χ1) is 18.7. The molecule has 1 heterocycles. The SMILES string of the molecule is CC[C@H]1CC[C@H](c2ccc(-c3nc4cc(S(=O)(=O)Nc5cc(F)c(C(=O)O)cc5OC)ccc4o3)cc2)CC1. The Morgan fingerprint density at radius 2 is 1.82 bits per heavy atom. The molecule has 10 heteroatoms. The van der Waals surface area contributed by atoms with Gasteiger partial charge in [-0.3, -0.25) is 4.72 Å². The van der Waals surface area contributed by atoms with Gasteiger partial charge in [0.15, 0.2) is 5.58 Å². The van der Waals surface area contributed by atoms with Crippen LogP contribution in [0.15, 0.2) is 63.9 Å². The van der Waals surface area contributed by atoms with Gasteiger partial charge in [-0.15, -0.1) is 0 Å². The van der Waals surface area contributed by atoms with Gasteiger partial charge in [0.2, 0.25) is 5.89 Å². The molecule has 1 aliphatic rings. The van der Waals surface area contributed by atoms with Crippen LogP contribution in [0.4, 0.5) is 10.1 Å². The number of carbonyl (C=O) groups is 1. The van der Waals surface area contributed by atoms with Crippen molar-refractivity contribution in [1.82, 2.24) is 4.98 Å². The van der Waals surface area contributed by atoms with Crippen LogP contribution in [0.5, 0.6) is 5.75 Å². The Kier molecular flexibility index (Phi) is 7.31. The quantitative estimate of drug-likeness (QED) is 0.246. The molecule has 4 aromatic rings. The zero-order valence-corrected chi connectivity index (χ0v) is 22.4. The Bertz CT molecular complexity index is 1620. The summed E-state index contributed by atoms with van der Waals surface area (Å²) in [6, 6.07) is 14.1. The minimum Gasteiger partial charge on any atom is -0.495 e. The lowest BCUT2D eigenvalue weighted by atomic mass is 9.78. The van der Waals surface area contributed by atoms with Crippen LogP contribution in [0.1, 0.15) is 60.9 Å². The highest BCUT2D eigenvalue weighted by Gasteiger charge is 2.23. The van der Waals surface area contributed by atoms with Crippen molar-refractivity contribution in [1.29, 1.82) is 0 Å². The second kappa shape index (κ2) is 10.7. The maximum atomic E-state index is 14.2. The van der Waals surface area contributed by atoms with Gasteiger partial charge in [-0.1, -0.05) is 25.5 Å². The van der Waals surface area contributed by atoms with E-state index >= 15 is 0 Å². The second-order valence-electron chi connectivity index (χ2n) is 9.84. The number of benzene rings is 3. The van der Waals surface area contributed by atoms with Gasteiger partial charge >= 0.3 is 5.97 Å². The molecule has 1 saturated carbocycles. The van der Waals surface area contributed by atoms with Crippen LogP contribution in [0.2, 0.25) is 0 Å². The van der Waals surface area contributed by atoms with Crippen molar-refractivity contribution in [3.8, 4) is 17.2 Å². The Morgan fingerprint density at radius 1 is 1.10 bits per heavy atom. The molecular weight excluding hydrogens is 523 g/mol. The zero-order valence-electron chi connectivity index (χ0n) is 21.6. The fraction of sp³-hybridized carbons (Fsp3) is 0.310. The number of sulfonamides is 1. The van der Waals surface area contributed by atoms with Crippen LogP contribution in [-0.2, 0) is 10.0 Å². The highest BCUT2D eigenvalue weighted by atomic mass is 32.2. The summed E-state index contributed by atoms with van der Waals surface area (Å²) < 4.78 is 53.6. The topological polar surface area (TPSA) is 119 Å². The molecule has 0 amide bonds. The van der Waals surface area contributed by atoms with Gasteiger partial charge in [0.05, 0.1) is 23.3 Å². The number of hydrogen-bond donors (Lipinski definition) is 2. The molecule has 3 aromatic carbocycles. The Morgan fingerprint density at radius 3 is 2.46 bits per heavy atom. The van der Waals surface area contributed by atoms with Gasteiger partial charge in [-0.25, -0.2) is 22.6 Å². The van der Waals surface area contributed by atoms with E-state index < -0.39 is 27.4 Å². The third-order valence-electron chi connectivity index (χ3n) is 7.49. The van der Waals surface area contributed by atoms with E-state index in [4.69, 9.17) is 14.3 Å². The third kappa shape index (κ3) is 5.47. The van der Waals surface area contributed by atoms with E-state index in [1.165, 1.54) is 63.0 Å². The molecule has 0 spiro atoms. The number of aromatic carboxylic acids is 1. The molecule has 5 rings (SSSR count). The number of nitrogens with zero attached hydrogens (tertiary/aromatic N) is 1. The molecule has 1 fully saturated rings. The van der Waals surface area contributed by atoms with Gasteiger partial charge in [-0.05, 0) is 79.5 Å². The van der Waals surface area contributed by atoms with E-state index in [0.29, 0.717) is 22.9 Å². The fourth-order valence-corrected chi connectivity index (χ4v) is 6.25. The maximum Gasteiger partial charge on any atom is 0.338 e. The number of methoxy groups -OCH3 is 1. The number of aromatic nitrogens is 1. The van der Waals surface area contributed by atoms with E-state index in [1.54, 1.807) is 0 Å². The number of hydrogen-bond acceptors (Lipinski definition) is 6. The van der Waals surface area contributed by atoms with Crippen molar-refractivity contribution in [2.75, 3.05) is 11.8 Å². The molecule has 0 aliphatic heterocycles. The van der Waals surface area contributed by atoms with Crippen LogP contribution in [0.3, 0.4) is 0 Å². The van der Waals surface area contributed by atoms with Gasteiger partial charge in [-0.2, -0.15) is 0 Å². The number of oxazole rings is 1. The van der Waals surface area contributed by atoms with Crippen molar-refractivity contribution in [3.05, 3.63) is 71.5 Å². The van der Waals surface area contributed by atoms with E-state index in [9.17, 15) is 17.6 Å². The molecule has 8 nitrogen and oxygen atoms in total. The summed E-state index contributed by atoms with van der Waals surface area (Å²) >= 11 is 0. The van der Waals surface area contributed by atoms with Crippen molar-refractivity contribution >= 4 is 32.8 Å². The van der Waals surface area contributed by atoms with Crippen molar-refractivity contribution in [2.45, 2.75) is 49.8 Å². The summed E-state index contributed by atoms with van der Waals surface area (Å²) in [7, 11) is -2.97. The first kappa shape index (κ1) is 26.7. The summed E-state index contributed by atoms with van der Waals surface area (Å²) in [5.74, 6) is -0.952. The molecule has 0 unspecified atom stereocenters. The minimum atomic E-state index is -4.19. The van der Waals surface area contributed by atoms with Gasteiger partial charge < -0.3 is 14.3 Å². The van der Waals surface area contributed by atoms with Crippen molar-refractivity contribution in [3.63, 3.8) is 0 Å². The number of ether oxygens (including phenoxy) is 1. The predicted octanol–water partition coefficient (Wildman–Crippen LogP) is 6.83. The number of halogens is 1. The summed E-state index contributed by atoms with van der Waals surface area (Å²) in [5, 5.41) is 9.11. The average molecular weight is 553 g/mol. The van der Waals surface area contributed by atoms with E-state index in [-0.39, 0.29) is 16.3 Å². The summed E-state index contributed by atoms with van der Waals surface area (Å²) in [4.78, 5) is 15.6. The highest BCUT2D eigenvalue weighted by Crippen LogP contribution is 2.38. The predicted molar refractivity (Wildman–Crippen MR) is 145 cm³/mol. The van der Waals surface area contributed by atoms with Crippen LogP contribution in [0, 0.1) is 11.7 Å². The summed E-state index contributed by atoms with van der Waals surface area (Å²) in [6.07, 6.45) is 6.19. The van der Waals surface area contributed by atoms with Crippen LogP contribution < -0.4 is 9.46 Å². The smallest absolute Gasteiger partial charge is 0.338 e. The number of carboxylic acids is 1. The number of anilines is 1. The lowest BCUT2D eigenvalue weighted by molar-refractivity contribution is 0.0691. The maximum absolute atomic E-state index is 14.2. The monoisotopic (exact) mass is 552 g/mol. The van der Waals surface area contributed by atoms with Gasteiger partial charge in [0.25, 0.3) is 10.0 Å². The van der Waals surface area contributed by atoms with E-state index in [1.807, 2.05) is 12.1 Å². The lowest BCUT2D eigenvalue weighted by Gasteiger charge is -2.28. The lowest BCUT2D eigenvalue weighted by Crippen LogP contribution is -2.14. The first-order valence-corrected chi connectivity index (χ1v) is 14.3. The second-order valence-corrected chi connectivity index (χ2v) is 11.5. The molecule has 1 aliphatic carbocycles. The number of fused-ring (bicyclic) bond motifs is 1. The minimum absolute atomic E-state index is 0.127. The average Bonchev–Trinajstić information content (AvgIpc) is 3.37. The van der Waals surface area contributed by atoms with Crippen molar-refractivity contribution < 1.29 is 31.9 Å². The molecule has 0 saturated heterocycles. The van der Waals surface area contributed by atoms with Gasteiger partial charge in [0, 0.05) is 11.6 Å². The van der Waals surface area contributed by atoms with Crippen LogP contribution in [-0.4, -0.2) is 31.6 Å². The van der Waals surface area contributed by atoms with E-state index in [2.05, 4.69) is 28.8 Å². The largest absolute Gasteiger partial charge is 0.495 e. The highest BCUT2D eigenvalue weighted by molar-refractivity contribution is 7.92. The molecule has 204 valence electrons. The molecule has 0 radical (unpaired) electrons. The molecule has 39 heavy (non-hydrogen) atoms. The fourth-order valence-electron chi connectivity index (χ4n) is 5.17. The molecule has 0 atom stereocenters. The standard InChI is InChI=1S/C29H29FN2O6S/c1-3-17-4-6-18(7-5-17)19-8-10-20(11-9-19)28-31-24-14-21(12-13-26(24)38-28)39(35,36)32-25-16-23(30)22(29(33)34)15-27(25)37-2/h8-18,32H,3-7H2,1-2H3,(H,33,34)/t17-,18-. The third-order valence-corrected chi connectivity index (χ3v) is 8.85. The number of nitrogens with one attached hydrogen (secondary N) is 1. The Labute approximate surface area is 225 Å². The van der Waals surface area contributed by atoms with Gasteiger partial charge in [0.1, 0.15) is 17.1 Å². The van der Waals surface area contributed by atoms with Crippen LogP contribution in [0.25, 0.3) is 22.6 Å². The zero-order chi connectivity index (χ0) is 27.7. The number of carboxylic acid groups (broad SMARTS) is 1. The summed E-state index contributed by atoms with van der Waals surface area (Å²) in [6.45, 7) is 2.26. The Hall–Kier alpha value is -3.92. The summed E-state index contributed by atoms with van der Waals surface area (Å²) in [5.41, 5.74) is 1.99. The Balaban J connectivity index is 1.37. The molecule has 1 aromatic heterocycles. The first-order valence-electron chi connectivity index (χ1n) is 12.8. The van der Waals surface area contributed by atoms with E-state index in [0.717, 1.165) is 23.6 Å². The van der Waals surface area contributed by atoms with Crippen LogP contribution >= 0.6 is 0 Å². The molecule has 2 N–H and O–H groups in total. The number of rotatable bonds is 8. The van der Waals surface area contributed by atoms with Crippen molar-refractivity contribution in [2.24, 2.45) is 5.92 Å². The molecule has 0 bridgehead atoms.